The fourth-order valence-electron chi connectivity index (χ4n) is 0.514. The average Bonchev–Trinajstić information content (AvgIpc) is 2.59. The van der Waals surface area contributed by atoms with Crippen molar-refractivity contribution in [2.75, 3.05) is 0 Å². The summed E-state index contributed by atoms with van der Waals surface area (Å²) in [6.07, 6.45) is 3.75. The van der Waals surface area contributed by atoms with E-state index in [4.69, 9.17) is 0 Å². The van der Waals surface area contributed by atoms with Crippen LogP contribution in [0.3, 0.4) is 0 Å². The lowest BCUT2D eigenvalue weighted by atomic mass is 10.5. The lowest BCUT2D eigenvalue weighted by molar-refractivity contribution is 0.548. The van der Waals surface area contributed by atoms with Gasteiger partial charge in [0, 0.05) is 11.5 Å². The standard InChI is InChI=1S/C4HN4OS/c1-3(5-2-9-1)4-6-7-8-10-4/h1H. The van der Waals surface area contributed by atoms with E-state index in [1.54, 1.807) is 0 Å². The van der Waals surface area contributed by atoms with Crippen molar-refractivity contribution in [3.05, 3.63) is 12.7 Å². The Kier molecular flexibility index (Phi) is 1.17. The summed E-state index contributed by atoms with van der Waals surface area (Å²) in [7, 11) is 0. The van der Waals surface area contributed by atoms with Gasteiger partial charge in [-0.15, -0.1) is 5.10 Å². The number of aromatic nitrogens is 4. The number of hydrogen-bond donors (Lipinski definition) is 0. The van der Waals surface area contributed by atoms with E-state index in [0.29, 0.717) is 10.7 Å². The average molecular weight is 153 g/mol. The van der Waals surface area contributed by atoms with Gasteiger partial charge in [-0.2, -0.15) is 0 Å². The van der Waals surface area contributed by atoms with Crippen LogP contribution in [0.2, 0.25) is 0 Å². The van der Waals surface area contributed by atoms with Gasteiger partial charge in [0.1, 0.15) is 12.0 Å². The van der Waals surface area contributed by atoms with E-state index in [1.807, 2.05) is 0 Å². The van der Waals surface area contributed by atoms with Crippen molar-refractivity contribution in [2.45, 2.75) is 0 Å². The molecule has 0 amide bonds. The Morgan fingerprint density at radius 3 is 3.20 bits per heavy atom. The van der Waals surface area contributed by atoms with Crippen molar-refractivity contribution < 1.29 is 4.42 Å². The molecule has 0 aliphatic heterocycles. The van der Waals surface area contributed by atoms with E-state index in [2.05, 4.69) is 30.6 Å². The summed E-state index contributed by atoms with van der Waals surface area (Å²) in [5.74, 6) is 0. The fourth-order valence-corrected chi connectivity index (χ4v) is 0.925. The normalized spacial score (nSPS) is 10.0. The zero-order valence-electron chi connectivity index (χ0n) is 4.68. The highest BCUT2D eigenvalue weighted by Crippen LogP contribution is 2.14. The Morgan fingerprint density at radius 1 is 1.60 bits per heavy atom. The van der Waals surface area contributed by atoms with Crippen LogP contribution in [0, 0.1) is 6.39 Å². The molecular formula is C4HN4OS. The first kappa shape index (κ1) is 5.48. The molecule has 0 aliphatic carbocycles. The fraction of sp³-hybridized carbons (Fsp3) is 0. The number of oxazole rings is 1. The first-order valence-corrected chi connectivity index (χ1v) is 3.21. The second kappa shape index (κ2) is 2.14. The monoisotopic (exact) mass is 153 g/mol. The van der Waals surface area contributed by atoms with Gasteiger partial charge in [0.15, 0.2) is 5.01 Å². The molecule has 0 saturated carbocycles. The molecule has 0 aliphatic rings. The number of rotatable bonds is 1. The zero-order valence-corrected chi connectivity index (χ0v) is 5.50. The van der Waals surface area contributed by atoms with Gasteiger partial charge < -0.3 is 4.42 Å². The van der Waals surface area contributed by atoms with Gasteiger partial charge in [-0.05, 0) is 5.21 Å². The highest BCUT2D eigenvalue weighted by Gasteiger charge is 2.04. The van der Waals surface area contributed by atoms with Crippen LogP contribution in [0.15, 0.2) is 10.7 Å². The minimum atomic E-state index is 0.620. The summed E-state index contributed by atoms with van der Waals surface area (Å²) in [5, 5.41) is 7.72. The second-order valence-electron chi connectivity index (χ2n) is 1.49. The molecule has 6 heteroatoms. The van der Waals surface area contributed by atoms with Crippen LogP contribution in [0.5, 0.6) is 0 Å². The quantitative estimate of drug-likeness (QED) is 0.592. The predicted octanol–water partition coefficient (Wildman–Crippen LogP) is 0.388. The summed E-state index contributed by atoms with van der Waals surface area (Å²) in [4.78, 5) is 3.73. The third kappa shape index (κ3) is 0.781. The molecule has 10 heavy (non-hydrogen) atoms. The third-order valence-corrected chi connectivity index (χ3v) is 1.53. The van der Waals surface area contributed by atoms with E-state index in [0.717, 1.165) is 0 Å². The summed E-state index contributed by atoms with van der Waals surface area (Å²) < 4.78 is 8.18. The van der Waals surface area contributed by atoms with E-state index in [-0.39, 0.29) is 0 Å². The largest absolute Gasteiger partial charge is 0.440 e. The smallest absolute Gasteiger partial charge is 0.284 e. The van der Waals surface area contributed by atoms with Crippen LogP contribution in [0.25, 0.3) is 10.7 Å². The van der Waals surface area contributed by atoms with E-state index < -0.39 is 0 Å². The van der Waals surface area contributed by atoms with E-state index in [9.17, 15) is 0 Å². The summed E-state index contributed by atoms with van der Waals surface area (Å²) in [6.45, 7) is 0. The Labute approximate surface area is 59.9 Å². The third-order valence-electron chi connectivity index (χ3n) is 0.908. The molecule has 2 rings (SSSR count). The van der Waals surface area contributed by atoms with Crippen molar-refractivity contribution >= 4 is 11.5 Å². The SMILES string of the molecule is [c]1nc(-c2nnns2)co1. The van der Waals surface area contributed by atoms with Crippen molar-refractivity contribution in [1.29, 1.82) is 0 Å². The van der Waals surface area contributed by atoms with Crippen LogP contribution < -0.4 is 0 Å². The highest BCUT2D eigenvalue weighted by atomic mass is 32.1. The molecule has 5 nitrogen and oxygen atoms in total. The lowest BCUT2D eigenvalue weighted by Crippen LogP contribution is -1.74. The molecule has 0 fully saturated rings. The molecule has 0 saturated heterocycles. The number of hydrogen-bond acceptors (Lipinski definition) is 6. The maximum Gasteiger partial charge on any atom is 0.284 e. The summed E-state index contributed by atoms with van der Waals surface area (Å²) >= 11 is 1.17. The first-order chi connectivity index (χ1) is 4.97. The maximum atomic E-state index is 4.61. The van der Waals surface area contributed by atoms with Gasteiger partial charge in [0.05, 0.1) is 0 Å². The van der Waals surface area contributed by atoms with Crippen LogP contribution in [-0.4, -0.2) is 19.8 Å². The summed E-state index contributed by atoms with van der Waals surface area (Å²) in [6, 6.07) is 0. The molecule has 0 bridgehead atoms. The lowest BCUT2D eigenvalue weighted by Gasteiger charge is -1.76. The van der Waals surface area contributed by atoms with Crippen LogP contribution in [0.1, 0.15) is 0 Å². The van der Waals surface area contributed by atoms with Crippen molar-refractivity contribution in [1.82, 2.24) is 19.8 Å². The van der Waals surface area contributed by atoms with E-state index >= 15 is 0 Å². The molecule has 0 unspecified atom stereocenters. The van der Waals surface area contributed by atoms with E-state index in [1.165, 1.54) is 17.8 Å². The van der Waals surface area contributed by atoms with Crippen molar-refractivity contribution in [2.24, 2.45) is 0 Å². The Balaban J connectivity index is 2.48. The highest BCUT2D eigenvalue weighted by molar-refractivity contribution is 7.08. The van der Waals surface area contributed by atoms with Crippen LogP contribution in [-0.2, 0) is 0 Å². The van der Waals surface area contributed by atoms with Crippen LogP contribution >= 0.6 is 11.5 Å². The maximum absolute atomic E-state index is 4.61. The Bertz CT molecular complexity index is 257. The van der Waals surface area contributed by atoms with Crippen LogP contribution in [0.4, 0.5) is 0 Å². The molecule has 0 aromatic carbocycles. The first-order valence-electron chi connectivity index (χ1n) is 2.44. The van der Waals surface area contributed by atoms with Gasteiger partial charge >= 0.3 is 0 Å². The summed E-state index contributed by atoms with van der Waals surface area (Å²) in [5.41, 5.74) is 0.620. The molecule has 1 radical (unpaired) electrons. The van der Waals surface area contributed by atoms with Crippen molar-refractivity contribution in [3.63, 3.8) is 0 Å². The Hall–Kier alpha value is -1.30. The molecule has 49 valence electrons. The van der Waals surface area contributed by atoms with Gasteiger partial charge in [-0.3, -0.25) is 0 Å². The van der Waals surface area contributed by atoms with Gasteiger partial charge in [-0.25, -0.2) is 4.98 Å². The molecule has 0 atom stereocenters. The molecule has 0 spiro atoms. The van der Waals surface area contributed by atoms with Gasteiger partial charge in [0.2, 0.25) is 0 Å². The molecule has 0 N–H and O–H groups in total. The molecule has 2 aromatic heterocycles. The predicted molar refractivity (Wildman–Crippen MR) is 32.0 cm³/mol. The number of nitrogens with zero attached hydrogens (tertiary/aromatic N) is 4. The zero-order chi connectivity index (χ0) is 6.81. The molecule has 2 heterocycles. The minimum Gasteiger partial charge on any atom is -0.440 e. The van der Waals surface area contributed by atoms with Crippen molar-refractivity contribution in [3.8, 4) is 10.7 Å². The minimum absolute atomic E-state index is 0.620. The van der Waals surface area contributed by atoms with Gasteiger partial charge in [-0.1, -0.05) is 4.49 Å². The molecular weight excluding hydrogens is 152 g/mol. The Morgan fingerprint density at radius 2 is 2.60 bits per heavy atom. The second-order valence-corrected chi connectivity index (χ2v) is 2.22. The van der Waals surface area contributed by atoms with Gasteiger partial charge in [0.25, 0.3) is 6.39 Å². The molecule has 2 aromatic rings. The topological polar surface area (TPSA) is 64.7 Å².